The van der Waals surface area contributed by atoms with Crippen LogP contribution in [0.25, 0.3) is 0 Å². The van der Waals surface area contributed by atoms with Crippen molar-refractivity contribution < 1.29 is 14.2 Å². The van der Waals surface area contributed by atoms with E-state index in [0.717, 1.165) is 25.9 Å². The number of fused-ring (bicyclic) bond motifs is 1. The molecule has 0 amide bonds. The lowest BCUT2D eigenvalue weighted by Crippen LogP contribution is -2.48. The molecule has 2 aliphatic heterocycles. The van der Waals surface area contributed by atoms with E-state index in [1.54, 1.807) is 7.11 Å². The molecule has 76 valence electrons. The largest absolute Gasteiger partial charge is 0.375 e. The van der Waals surface area contributed by atoms with Crippen LogP contribution in [0.1, 0.15) is 19.3 Å². The van der Waals surface area contributed by atoms with Crippen LogP contribution >= 0.6 is 22.6 Å². The molecule has 0 aliphatic carbocycles. The summed E-state index contributed by atoms with van der Waals surface area (Å²) in [6, 6.07) is 0. The number of ether oxygens (including phenoxy) is 3. The summed E-state index contributed by atoms with van der Waals surface area (Å²) >= 11 is 2.38. The lowest BCUT2D eigenvalue weighted by Gasteiger charge is -2.41. The zero-order valence-electron chi connectivity index (χ0n) is 7.74. The standard InChI is InChI=1S/C9H15IO3/c1-11-9-6(10)5-8-7(13-9)3-2-4-12-8/h6-9H,2-5H2,1H3/t6?,7-,8?,9?/m1/s1. The summed E-state index contributed by atoms with van der Waals surface area (Å²) in [6.45, 7) is 0.894. The van der Waals surface area contributed by atoms with Gasteiger partial charge in [-0.1, -0.05) is 22.6 Å². The Morgan fingerprint density at radius 2 is 2.23 bits per heavy atom. The quantitative estimate of drug-likeness (QED) is 0.545. The third-order valence-electron chi connectivity index (χ3n) is 2.67. The maximum Gasteiger partial charge on any atom is 0.169 e. The highest BCUT2D eigenvalue weighted by atomic mass is 127. The predicted octanol–water partition coefficient (Wildman–Crippen LogP) is 1.73. The molecule has 0 saturated carbocycles. The van der Waals surface area contributed by atoms with Crippen molar-refractivity contribution in [2.24, 2.45) is 0 Å². The molecule has 0 spiro atoms. The average molecular weight is 298 g/mol. The first kappa shape index (κ1) is 10.1. The van der Waals surface area contributed by atoms with Crippen LogP contribution in [-0.2, 0) is 14.2 Å². The van der Waals surface area contributed by atoms with Gasteiger partial charge < -0.3 is 14.2 Å². The molecule has 2 rings (SSSR count). The normalized spacial score (nSPS) is 45.7. The monoisotopic (exact) mass is 298 g/mol. The topological polar surface area (TPSA) is 27.7 Å². The second kappa shape index (κ2) is 4.42. The van der Waals surface area contributed by atoms with E-state index in [1.807, 2.05) is 0 Å². The molecule has 0 N–H and O–H groups in total. The molecule has 2 saturated heterocycles. The molecule has 0 aromatic rings. The number of halogens is 1. The van der Waals surface area contributed by atoms with E-state index in [2.05, 4.69) is 22.6 Å². The molecule has 2 aliphatic rings. The summed E-state index contributed by atoms with van der Waals surface area (Å²) in [5, 5.41) is 0. The van der Waals surface area contributed by atoms with Crippen LogP contribution in [0.4, 0.5) is 0 Å². The molecule has 0 aromatic carbocycles. The Hall–Kier alpha value is 0.610. The molecule has 2 fully saturated rings. The van der Waals surface area contributed by atoms with Gasteiger partial charge in [-0.15, -0.1) is 0 Å². The van der Waals surface area contributed by atoms with Gasteiger partial charge in [-0.25, -0.2) is 0 Å². The van der Waals surface area contributed by atoms with Crippen LogP contribution in [0.5, 0.6) is 0 Å². The van der Waals surface area contributed by atoms with Crippen molar-refractivity contribution in [2.45, 2.75) is 41.7 Å². The van der Waals surface area contributed by atoms with Gasteiger partial charge in [0, 0.05) is 13.7 Å². The van der Waals surface area contributed by atoms with Gasteiger partial charge in [-0.05, 0) is 19.3 Å². The van der Waals surface area contributed by atoms with Gasteiger partial charge in [-0.2, -0.15) is 0 Å². The van der Waals surface area contributed by atoms with E-state index >= 15 is 0 Å². The van der Waals surface area contributed by atoms with Crippen LogP contribution in [0, 0.1) is 0 Å². The van der Waals surface area contributed by atoms with Crippen LogP contribution in [-0.4, -0.2) is 36.1 Å². The second-order valence-corrected chi connectivity index (χ2v) is 5.18. The van der Waals surface area contributed by atoms with E-state index < -0.39 is 0 Å². The number of methoxy groups -OCH3 is 1. The first-order chi connectivity index (χ1) is 6.31. The van der Waals surface area contributed by atoms with Crippen LogP contribution in [0.2, 0.25) is 0 Å². The molecule has 4 heteroatoms. The lowest BCUT2D eigenvalue weighted by atomic mass is 9.98. The van der Waals surface area contributed by atoms with Crippen molar-refractivity contribution in [3.05, 3.63) is 0 Å². The van der Waals surface area contributed by atoms with E-state index in [4.69, 9.17) is 14.2 Å². The molecule has 0 bridgehead atoms. The fourth-order valence-corrected chi connectivity index (χ4v) is 2.95. The molecule has 0 aromatic heterocycles. The maximum absolute atomic E-state index is 5.80. The Kier molecular flexibility index (Phi) is 3.45. The smallest absolute Gasteiger partial charge is 0.169 e. The first-order valence-electron chi connectivity index (χ1n) is 4.75. The van der Waals surface area contributed by atoms with Crippen molar-refractivity contribution in [3.63, 3.8) is 0 Å². The third kappa shape index (κ3) is 2.16. The van der Waals surface area contributed by atoms with E-state index in [-0.39, 0.29) is 12.4 Å². The molecule has 13 heavy (non-hydrogen) atoms. The SMILES string of the molecule is COC1O[C@@H]2CCCOC2CC1I. The fourth-order valence-electron chi connectivity index (χ4n) is 1.98. The minimum atomic E-state index is -0.0384. The number of rotatable bonds is 1. The van der Waals surface area contributed by atoms with Gasteiger partial charge in [-0.3, -0.25) is 0 Å². The molecule has 0 radical (unpaired) electrons. The van der Waals surface area contributed by atoms with E-state index in [9.17, 15) is 0 Å². The molecule has 3 nitrogen and oxygen atoms in total. The summed E-state index contributed by atoms with van der Waals surface area (Å²) in [5.74, 6) is 0. The first-order valence-corrected chi connectivity index (χ1v) is 5.99. The van der Waals surface area contributed by atoms with Crippen LogP contribution in [0.3, 0.4) is 0 Å². The zero-order chi connectivity index (χ0) is 9.26. The second-order valence-electron chi connectivity index (χ2n) is 3.58. The minimum absolute atomic E-state index is 0.0384. The fraction of sp³-hybridized carbons (Fsp3) is 1.00. The van der Waals surface area contributed by atoms with Gasteiger partial charge in [0.25, 0.3) is 0 Å². The van der Waals surface area contributed by atoms with Crippen LogP contribution < -0.4 is 0 Å². The number of hydrogen-bond acceptors (Lipinski definition) is 3. The van der Waals surface area contributed by atoms with Crippen molar-refractivity contribution in [3.8, 4) is 0 Å². The molecule has 3 unspecified atom stereocenters. The highest BCUT2D eigenvalue weighted by Gasteiger charge is 2.38. The predicted molar refractivity (Wildman–Crippen MR) is 57.1 cm³/mol. The molecule has 2 heterocycles. The summed E-state index contributed by atoms with van der Waals surface area (Å²) in [4.78, 5) is 0. The average Bonchev–Trinajstić information content (AvgIpc) is 2.17. The zero-order valence-corrected chi connectivity index (χ0v) is 9.90. The van der Waals surface area contributed by atoms with Gasteiger partial charge in [0.05, 0.1) is 16.1 Å². The molecular formula is C9H15IO3. The van der Waals surface area contributed by atoms with Gasteiger partial charge in [0.1, 0.15) is 0 Å². The van der Waals surface area contributed by atoms with E-state index in [1.165, 1.54) is 0 Å². The summed E-state index contributed by atoms with van der Waals surface area (Å²) in [5.41, 5.74) is 0. The van der Waals surface area contributed by atoms with Gasteiger partial charge >= 0.3 is 0 Å². The number of hydrogen-bond donors (Lipinski definition) is 0. The number of alkyl halides is 1. The van der Waals surface area contributed by atoms with Crippen molar-refractivity contribution in [2.75, 3.05) is 13.7 Å². The van der Waals surface area contributed by atoms with Crippen molar-refractivity contribution in [1.82, 2.24) is 0 Å². The molecule has 4 atom stereocenters. The maximum atomic E-state index is 5.80. The Balaban J connectivity index is 1.97. The highest BCUT2D eigenvalue weighted by molar-refractivity contribution is 14.1. The highest BCUT2D eigenvalue weighted by Crippen LogP contribution is 2.32. The van der Waals surface area contributed by atoms with Crippen molar-refractivity contribution >= 4 is 22.6 Å². The summed E-state index contributed by atoms with van der Waals surface area (Å²) in [6.07, 6.45) is 3.83. The van der Waals surface area contributed by atoms with Gasteiger partial charge in [0.2, 0.25) is 0 Å². The van der Waals surface area contributed by atoms with E-state index in [0.29, 0.717) is 10.0 Å². The Morgan fingerprint density at radius 1 is 1.38 bits per heavy atom. The third-order valence-corrected chi connectivity index (χ3v) is 3.77. The van der Waals surface area contributed by atoms with Gasteiger partial charge in [0.15, 0.2) is 6.29 Å². The summed E-state index contributed by atoms with van der Waals surface area (Å²) in [7, 11) is 1.71. The Bertz CT molecular complexity index is 176. The Morgan fingerprint density at radius 3 is 3.00 bits per heavy atom. The molecular weight excluding hydrogens is 283 g/mol. The summed E-state index contributed by atoms with van der Waals surface area (Å²) < 4.78 is 17.1. The van der Waals surface area contributed by atoms with Crippen molar-refractivity contribution in [1.29, 1.82) is 0 Å². The lowest BCUT2D eigenvalue weighted by molar-refractivity contribution is -0.227. The minimum Gasteiger partial charge on any atom is -0.375 e. The van der Waals surface area contributed by atoms with Crippen LogP contribution in [0.15, 0.2) is 0 Å². The Labute approximate surface area is 92.2 Å².